The highest BCUT2D eigenvalue weighted by Crippen LogP contribution is 2.37. The van der Waals surface area contributed by atoms with Crippen molar-refractivity contribution in [2.45, 2.75) is 67.7 Å². The van der Waals surface area contributed by atoms with Crippen molar-refractivity contribution in [2.24, 2.45) is 0 Å². The van der Waals surface area contributed by atoms with E-state index in [0.29, 0.717) is 6.61 Å². The molecule has 5 rings (SSSR count). The maximum Gasteiger partial charge on any atom is 0.303 e. The van der Waals surface area contributed by atoms with Crippen LogP contribution in [0.5, 0.6) is 0 Å². The van der Waals surface area contributed by atoms with Crippen molar-refractivity contribution in [1.82, 2.24) is 0 Å². The summed E-state index contributed by atoms with van der Waals surface area (Å²) >= 11 is 1.45. The highest BCUT2D eigenvalue weighted by Gasteiger charge is 2.48. The van der Waals surface area contributed by atoms with Gasteiger partial charge in [0, 0.05) is 11.8 Å². The largest absolute Gasteiger partial charge is 0.456 e. The molecule has 194 valence electrons. The second-order valence-corrected chi connectivity index (χ2v) is 10.5. The van der Waals surface area contributed by atoms with Crippen molar-refractivity contribution in [1.29, 1.82) is 0 Å². The van der Waals surface area contributed by atoms with Gasteiger partial charge in [-0.25, -0.2) is 0 Å². The molecule has 2 aliphatic heterocycles. The summed E-state index contributed by atoms with van der Waals surface area (Å²) in [4.78, 5) is 13.1. The lowest BCUT2D eigenvalue weighted by Crippen LogP contribution is -2.59. The average molecular weight is 521 g/mol. The molecule has 1 fully saturated rings. The Labute approximate surface area is 221 Å². The molecule has 2 bridgehead atoms. The molecule has 3 aromatic carbocycles. The molecule has 0 aromatic heterocycles. The number of thioether (sulfide) groups is 1. The standard InChI is InChI=1S/C30H32O6S/c1-20(31)35-29-28-27(32)26(36-30(29)37-25-13-3-2-4-14-25)19-33-17-23-11-7-5-9-21(23)15-16-22-10-6-8-12-24(22)18-34-28/h2-14,26-30,32H,15-19H2,1H3/t26-,27-,28+,29-,30+/m1/s1. The van der Waals surface area contributed by atoms with Crippen molar-refractivity contribution < 1.29 is 28.8 Å². The summed E-state index contributed by atoms with van der Waals surface area (Å²) in [5.74, 6) is -0.450. The molecule has 2 aliphatic rings. The maximum atomic E-state index is 12.1. The lowest BCUT2D eigenvalue weighted by atomic mass is 9.96. The van der Waals surface area contributed by atoms with E-state index in [2.05, 4.69) is 30.3 Å². The number of aliphatic hydroxyl groups excluding tert-OH is 1. The third-order valence-corrected chi connectivity index (χ3v) is 7.94. The van der Waals surface area contributed by atoms with Gasteiger partial charge in [0.1, 0.15) is 23.7 Å². The number of benzene rings is 3. The van der Waals surface area contributed by atoms with Gasteiger partial charge in [0.2, 0.25) is 0 Å². The van der Waals surface area contributed by atoms with E-state index in [9.17, 15) is 9.90 Å². The second-order valence-electron chi connectivity index (χ2n) is 9.37. The molecule has 0 radical (unpaired) electrons. The fraction of sp³-hybridized carbons (Fsp3) is 0.367. The lowest BCUT2D eigenvalue weighted by molar-refractivity contribution is -0.235. The van der Waals surface area contributed by atoms with Crippen LogP contribution in [-0.2, 0) is 49.8 Å². The van der Waals surface area contributed by atoms with Crippen molar-refractivity contribution in [3.05, 3.63) is 101 Å². The number of carbonyl (C=O) groups is 1. The van der Waals surface area contributed by atoms with E-state index in [1.807, 2.05) is 48.5 Å². The van der Waals surface area contributed by atoms with Gasteiger partial charge in [-0.05, 0) is 47.2 Å². The highest BCUT2D eigenvalue weighted by molar-refractivity contribution is 7.99. The Kier molecular flexibility index (Phi) is 8.59. The molecule has 5 atom stereocenters. The smallest absolute Gasteiger partial charge is 0.303 e. The molecule has 1 N–H and O–H groups in total. The fourth-order valence-corrected chi connectivity index (χ4v) is 6.01. The van der Waals surface area contributed by atoms with Crippen LogP contribution in [0.2, 0.25) is 0 Å². The van der Waals surface area contributed by atoms with E-state index in [4.69, 9.17) is 18.9 Å². The molecule has 0 saturated carbocycles. The quantitative estimate of drug-likeness (QED) is 0.502. The first-order chi connectivity index (χ1) is 18.1. The third kappa shape index (κ3) is 6.43. The number of esters is 1. The van der Waals surface area contributed by atoms with E-state index in [1.54, 1.807) is 0 Å². The minimum absolute atomic E-state index is 0.185. The van der Waals surface area contributed by atoms with Gasteiger partial charge in [0.15, 0.2) is 6.10 Å². The molecule has 0 unspecified atom stereocenters. The molecule has 3 aromatic rings. The number of rotatable bonds is 3. The Morgan fingerprint density at radius 2 is 1.46 bits per heavy atom. The first-order valence-electron chi connectivity index (χ1n) is 12.6. The van der Waals surface area contributed by atoms with E-state index < -0.39 is 35.8 Å². The Morgan fingerprint density at radius 1 is 0.865 bits per heavy atom. The van der Waals surface area contributed by atoms with Crippen LogP contribution in [0.4, 0.5) is 0 Å². The third-order valence-electron chi connectivity index (χ3n) is 6.79. The predicted octanol–water partition coefficient (Wildman–Crippen LogP) is 4.70. The normalized spacial score (nSPS) is 26.3. The number of carbonyl (C=O) groups excluding carboxylic acids is 1. The average Bonchev–Trinajstić information content (AvgIpc) is 2.90. The molecule has 7 heteroatoms. The number of aliphatic hydroxyl groups is 1. The number of ether oxygens (including phenoxy) is 4. The molecule has 1 saturated heterocycles. The lowest BCUT2D eigenvalue weighted by Gasteiger charge is -2.43. The van der Waals surface area contributed by atoms with Crippen LogP contribution >= 0.6 is 11.8 Å². The fourth-order valence-electron chi connectivity index (χ4n) is 4.89. The molecule has 0 amide bonds. The summed E-state index contributed by atoms with van der Waals surface area (Å²) in [5.41, 5.74) is 4.03. The van der Waals surface area contributed by atoms with E-state index >= 15 is 0 Å². The van der Waals surface area contributed by atoms with Gasteiger partial charge in [0.05, 0.1) is 19.8 Å². The van der Waals surface area contributed by atoms with Crippen LogP contribution in [0, 0.1) is 0 Å². The van der Waals surface area contributed by atoms with Crippen LogP contribution in [0.3, 0.4) is 0 Å². The first-order valence-corrected chi connectivity index (χ1v) is 13.5. The molecule has 0 spiro atoms. The highest BCUT2D eigenvalue weighted by atomic mass is 32.2. The van der Waals surface area contributed by atoms with Gasteiger partial charge in [-0.3, -0.25) is 4.79 Å². The predicted molar refractivity (Wildman–Crippen MR) is 141 cm³/mol. The number of hydrogen-bond acceptors (Lipinski definition) is 7. The summed E-state index contributed by atoms with van der Waals surface area (Å²) in [6, 6.07) is 26.3. The Hall–Kier alpha value is -2.68. The van der Waals surface area contributed by atoms with Gasteiger partial charge in [-0.1, -0.05) is 78.5 Å². The zero-order valence-electron chi connectivity index (χ0n) is 20.8. The number of hydrogen-bond donors (Lipinski definition) is 1. The SMILES string of the molecule is CC(=O)O[C@@H]1[C@H]2OCc3ccccc3CCc3ccccc3COC[C@@H](O[C@H]1Sc1ccccc1)[C@H]2O. The monoisotopic (exact) mass is 520 g/mol. The van der Waals surface area contributed by atoms with Crippen molar-refractivity contribution >= 4 is 17.7 Å². The van der Waals surface area contributed by atoms with E-state index in [-0.39, 0.29) is 13.2 Å². The van der Waals surface area contributed by atoms with E-state index in [1.165, 1.54) is 29.8 Å². The van der Waals surface area contributed by atoms with Gasteiger partial charge in [-0.2, -0.15) is 0 Å². The number of fused-ring (bicyclic) bond motifs is 4. The molecule has 37 heavy (non-hydrogen) atoms. The van der Waals surface area contributed by atoms with Gasteiger partial charge in [0.25, 0.3) is 0 Å². The summed E-state index contributed by atoms with van der Waals surface area (Å²) in [7, 11) is 0. The molecular weight excluding hydrogens is 488 g/mol. The molecule has 2 heterocycles. The van der Waals surface area contributed by atoms with Crippen molar-refractivity contribution in [3.8, 4) is 0 Å². The first kappa shape index (κ1) is 25.9. The minimum Gasteiger partial charge on any atom is -0.456 e. The van der Waals surface area contributed by atoms with E-state index in [0.717, 1.165) is 28.9 Å². The summed E-state index contributed by atoms with van der Waals surface area (Å²) in [6.07, 6.45) is -1.53. The van der Waals surface area contributed by atoms with Crippen LogP contribution in [-0.4, -0.2) is 47.5 Å². The van der Waals surface area contributed by atoms with Crippen molar-refractivity contribution in [2.75, 3.05) is 6.61 Å². The molecule has 0 aliphatic carbocycles. The summed E-state index contributed by atoms with van der Waals surface area (Å²) in [6.45, 7) is 2.25. The Balaban J connectivity index is 1.48. The van der Waals surface area contributed by atoms with Gasteiger partial charge < -0.3 is 24.1 Å². The second kappa shape index (κ2) is 12.2. The van der Waals surface area contributed by atoms with Crippen LogP contribution in [0.25, 0.3) is 0 Å². The topological polar surface area (TPSA) is 74.2 Å². The molecular formula is C30H32O6S. The summed E-state index contributed by atoms with van der Waals surface area (Å²) < 4.78 is 24.5. The Morgan fingerprint density at radius 3 is 2.11 bits per heavy atom. The van der Waals surface area contributed by atoms with Gasteiger partial charge in [-0.15, -0.1) is 0 Å². The zero-order chi connectivity index (χ0) is 25.6. The maximum absolute atomic E-state index is 12.1. The van der Waals surface area contributed by atoms with Crippen molar-refractivity contribution in [3.63, 3.8) is 0 Å². The van der Waals surface area contributed by atoms with Crippen LogP contribution < -0.4 is 0 Å². The number of aryl methyl sites for hydroxylation is 2. The van der Waals surface area contributed by atoms with Crippen LogP contribution in [0.15, 0.2) is 83.8 Å². The van der Waals surface area contributed by atoms with Gasteiger partial charge >= 0.3 is 5.97 Å². The summed E-state index contributed by atoms with van der Waals surface area (Å²) in [5, 5.41) is 11.4. The van der Waals surface area contributed by atoms with Crippen LogP contribution in [0.1, 0.15) is 29.2 Å². The Bertz CT molecular complexity index is 1190. The zero-order valence-corrected chi connectivity index (χ0v) is 21.6. The minimum atomic E-state index is -1.04. The molecule has 6 nitrogen and oxygen atoms in total.